The molecule has 0 radical (unpaired) electrons. The monoisotopic (exact) mass is 446 g/mol. The SMILES string of the molecule is C[n+]1cccc2cc(/C=C/C(=O)c3ccc([N+](=O)[O-])cc3)ccc21.[I-]. The Morgan fingerprint density at radius 3 is 2.52 bits per heavy atom. The lowest BCUT2D eigenvalue weighted by Gasteiger charge is -1.99. The second kappa shape index (κ2) is 7.98. The molecule has 0 aliphatic heterocycles. The minimum atomic E-state index is -0.487. The van der Waals surface area contributed by atoms with Gasteiger partial charge in [0.05, 0.1) is 4.92 Å². The van der Waals surface area contributed by atoms with Crippen molar-refractivity contribution in [2.75, 3.05) is 0 Å². The number of aromatic nitrogens is 1. The number of allylic oxidation sites excluding steroid dienone is 1. The number of nitro groups is 1. The van der Waals surface area contributed by atoms with E-state index in [2.05, 4.69) is 0 Å². The number of rotatable bonds is 4. The lowest BCUT2D eigenvalue weighted by Crippen LogP contribution is -3.00. The minimum absolute atomic E-state index is 0. The molecule has 0 unspecified atom stereocenters. The molecule has 0 fully saturated rings. The van der Waals surface area contributed by atoms with E-state index in [1.165, 1.54) is 30.3 Å². The Labute approximate surface area is 161 Å². The Morgan fingerprint density at radius 2 is 1.84 bits per heavy atom. The van der Waals surface area contributed by atoms with Crippen LogP contribution in [0.4, 0.5) is 5.69 Å². The third kappa shape index (κ3) is 4.27. The highest BCUT2D eigenvalue weighted by Crippen LogP contribution is 2.15. The number of hydrogen-bond acceptors (Lipinski definition) is 3. The van der Waals surface area contributed by atoms with E-state index in [9.17, 15) is 14.9 Å². The molecule has 0 saturated heterocycles. The van der Waals surface area contributed by atoms with Crippen LogP contribution in [0.1, 0.15) is 15.9 Å². The van der Waals surface area contributed by atoms with Crippen molar-refractivity contribution in [2.45, 2.75) is 0 Å². The van der Waals surface area contributed by atoms with Crippen LogP contribution in [-0.4, -0.2) is 10.7 Å². The summed E-state index contributed by atoms with van der Waals surface area (Å²) in [6, 6.07) is 15.5. The molecule has 6 heteroatoms. The summed E-state index contributed by atoms with van der Waals surface area (Å²) < 4.78 is 2.03. The van der Waals surface area contributed by atoms with Crippen molar-refractivity contribution in [3.05, 3.63) is 88.1 Å². The fraction of sp³-hybridized carbons (Fsp3) is 0.0526. The second-order valence-corrected chi connectivity index (χ2v) is 5.44. The summed E-state index contributed by atoms with van der Waals surface area (Å²) in [7, 11) is 1.98. The molecular formula is C19H15IN2O3. The Bertz CT molecular complexity index is 966. The summed E-state index contributed by atoms with van der Waals surface area (Å²) in [5, 5.41) is 11.7. The van der Waals surface area contributed by atoms with E-state index >= 15 is 0 Å². The van der Waals surface area contributed by atoms with E-state index in [0.717, 1.165) is 16.5 Å². The Hall–Kier alpha value is -2.61. The molecule has 0 aliphatic rings. The number of aryl methyl sites for hydroxylation is 1. The molecule has 0 bridgehead atoms. The Balaban J connectivity index is 0.00000225. The van der Waals surface area contributed by atoms with Crippen LogP contribution in [0.15, 0.2) is 66.9 Å². The van der Waals surface area contributed by atoms with Gasteiger partial charge >= 0.3 is 0 Å². The smallest absolute Gasteiger partial charge is 0.269 e. The molecule has 0 N–H and O–H groups in total. The van der Waals surface area contributed by atoms with Crippen LogP contribution >= 0.6 is 0 Å². The van der Waals surface area contributed by atoms with Crippen LogP contribution in [0, 0.1) is 10.1 Å². The van der Waals surface area contributed by atoms with Crippen LogP contribution in [-0.2, 0) is 7.05 Å². The number of non-ortho nitro benzene ring substituents is 1. The zero-order chi connectivity index (χ0) is 17.1. The van der Waals surface area contributed by atoms with Crippen LogP contribution in [0.25, 0.3) is 17.0 Å². The summed E-state index contributed by atoms with van der Waals surface area (Å²) in [5.74, 6) is -0.191. The van der Waals surface area contributed by atoms with Crippen molar-refractivity contribution in [1.29, 1.82) is 0 Å². The number of benzene rings is 2. The van der Waals surface area contributed by atoms with Gasteiger partial charge in [-0.1, -0.05) is 6.08 Å². The molecule has 0 atom stereocenters. The first-order valence-electron chi connectivity index (χ1n) is 7.40. The predicted octanol–water partition coefficient (Wildman–Crippen LogP) is 0.473. The number of nitro benzene ring substituents is 1. The van der Waals surface area contributed by atoms with Gasteiger partial charge in [0.15, 0.2) is 12.0 Å². The molecule has 1 heterocycles. The summed E-state index contributed by atoms with van der Waals surface area (Å²) in [6.07, 6.45) is 5.21. The highest BCUT2D eigenvalue weighted by Gasteiger charge is 2.07. The predicted molar refractivity (Wildman–Crippen MR) is 91.6 cm³/mol. The van der Waals surface area contributed by atoms with E-state index in [0.29, 0.717) is 5.56 Å². The van der Waals surface area contributed by atoms with Crippen LogP contribution in [0.2, 0.25) is 0 Å². The first kappa shape index (κ1) is 18.7. The number of fused-ring (bicyclic) bond motifs is 1. The summed E-state index contributed by atoms with van der Waals surface area (Å²) in [4.78, 5) is 22.3. The number of halogens is 1. The molecule has 2 aromatic carbocycles. The van der Waals surface area contributed by atoms with Crippen molar-refractivity contribution in [1.82, 2.24) is 0 Å². The first-order chi connectivity index (χ1) is 11.5. The number of ketones is 1. The first-order valence-corrected chi connectivity index (χ1v) is 7.40. The average Bonchev–Trinajstić information content (AvgIpc) is 2.60. The maximum atomic E-state index is 12.2. The van der Waals surface area contributed by atoms with E-state index in [1.54, 1.807) is 6.08 Å². The fourth-order valence-electron chi connectivity index (χ4n) is 2.50. The van der Waals surface area contributed by atoms with Gasteiger partial charge in [0.2, 0.25) is 5.52 Å². The van der Waals surface area contributed by atoms with Crippen LogP contribution in [0.3, 0.4) is 0 Å². The molecule has 126 valence electrons. The normalized spacial score (nSPS) is 10.6. The van der Waals surface area contributed by atoms with Gasteiger partial charge in [0, 0.05) is 35.2 Å². The van der Waals surface area contributed by atoms with Crippen molar-refractivity contribution in [3.8, 4) is 0 Å². The summed E-state index contributed by atoms with van der Waals surface area (Å²) >= 11 is 0. The van der Waals surface area contributed by atoms with E-state index in [-0.39, 0.29) is 35.4 Å². The van der Waals surface area contributed by atoms with Gasteiger partial charge in [-0.15, -0.1) is 0 Å². The number of hydrogen-bond donors (Lipinski definition) is 0. The van der Waals surface area contributed by atoms with Gasteiger partial charge in [-0.25, -0.2) is 4.57 Å². The maximum absolute atomic E-state index is 12.2. The molecule has 5 nitrogen and oxygen atoms in total. The number of carbonyl (C=O) groups excluding carboxylic acids is 1. The van der Waals surface area contributed by atoms with Crippen molar-refractivity contribution in [2.24, 2.45) is 7.05 Å². The second-order valence-electron chi connectivity index (χ2n) is 5.44. The summed E-state index contributed by atoms with van der Waals surface area (Å²) in [5.41, 5.74) is 2.42. The highest BCUT2D eigenvalue weighted by atomic mass is 127. The number of nitrogens with zero attached hydrogens (tertiary/aromatic N) is 2. The topological polar surface area (TPSA) is 64.1 Å². The maximum Gasteiger partial charge on any atom is 0.269 e. The third-order valence-corrected chi connectivity index (χ3v) is 3.81. The van der Waals surface area contributed by atoms with Crippen molar-refractivity contribution in [3.63, 3.8) is 0 Å². The van der Waals surface area contributed by atoms with Gasteiger partial charge in [0.25, 0.3) is 5.69 Å². The van der Waals surface area contributed by atoms with Crippen molar-refractivity contribution < 1.29 is 38.3 Å². The van der Waals surface area contributed by atoms with Gasteiger partial charge in [-0.05, 0) is 42.0 Å². The average molecular weight is 446 g/mol. The quantitative estimate of drug-likeness (QED) is 0.146. The Kier molecular flexibility index (Phi) is 5.97. The van der Waals surface area contributed by atoms with E-state index < -0.39 is 4.92 Å². The minimum Gasteiger partial charge on any atom is -1.00 e. The molecule has 0 saturated carbocycles. The molecule has 3 rings (SSSR count). The molecule has 0 aliphatic carbocycles. The molecule has 25 heavy (non-hydrogen) atoms. The standard InChI is InChI=1S/C19H15N2O3.HI/c1-20-12-2-3-16-13-14(4-10-18(16)20)5-11-19(22)15-6-8-17(9-7-15)21(23)24;/h2-13H,1H3;1H/q+1;/p-1/b11-5+;. The van der Waals surface area contributed by atoms with Gasteiger partial charge < -0.3 is 24.0 Å². The molecular weight excluding hydrogens is 431 g/mol. The van der Waals surface area contributed by atoms with Gasteiger partial charge in [-0.2, -0.15) is 0 Å². The van der Waals surface area contributed by atoms with E-state index in [1.807, 2.05) is 48.1 Å². The van der Waals surface area contributed by atoms with E-state index in [4.69, 9.17) is 0 Å². The Morgan fingerprint density at radius 1 is 1.12 bits per heavy atom. The zero-order valence-electron chi connectivity index (χ0n) is 13.4. The molecule has 0 amide bonds. The largest absolute Gasteiger partial charge is 1.00 e. The highest BCUT2D eigenvalue weighted by molar-refractivity contribution is 6.07. The van der Waals surface area contributed by atoms with Crippen LogP contribution in [0.5, 0.6) is 0 Å². The summed E-state index contributed by atoms with van der Waals surface area (Å²) in [6.45, 7) is 0. The lowest BCUT2D eigenvalue weighted by molar-refractivity contribution is -0.644. The van der Waals surface area contributed by atoms with Gasteiger partial charge in [0.1, 0.15) is 7.05 Å². The number of pyridine rings is 1. The molecule has 0 spiro atoms. The fourth-order valence-corrected chi connectivity index (χ4v) is 2.50. The van der Waals surface area contributed by atoms with Crippen LogP contribution < -0.4 is 28.5 Å². The van der Waals surface area contributed by atoms with Crippen molar-refractivity contribution >= 4 is 28.4 Å². The molecule has 3 aromatic rings. The third-order valence-electron chi connectivity index (χ3n) is 3.81. The number of carbonyl (C=O) groups is 1. The lowest BCUT2D eigenvalue weighted by atomic mass is 10.1. The molecule has 1 aromatic heterocycles. The van der Waals surface area contributed by atoms with Gasteiger partial charge in [-0.3, -0.25) is 14.9 Å². The zero-order valence-corrected chi connectivity index (χ0v) is 15.6.